The molecule has 0 aliphatic rings. The van der Waals surface area contributed by atoms with E-state index in [0.717, 1.165) is 17.1 Å². The fourth-order valence-corrected chi connectivity index (χ4v) is 2.65. The predicted molar refractivity (Wildman–Crippen MR) is 116 cm³/mol. The summed E-state index contributed by atoms with van der Waals surface area (Å²) in [5.74, 6) is 1.38. The fraction of sp³-hybridized carbons (Fsp3) is 0.0952. The van der Waals surface area contributed by atoms with E-state index < -0.39 is 0 Å². The molecule has 142 valence electrons. The van der Waals surface area contributed by atoms with Gasteiger partial charge in [0.05, 0.1) is 31.3 Å². The van der Waals surface area contributed by atoms with E-state index in [9.17, 15) is 0 Å². The lowest BCUT2D eigenvalue weighted by atomic mass is 10.2. The SMILES string of the molecule is COc1ccc(OC)c(NC(=S)Nc2ccc(N=Nc3ccccc3)cc2)c1. The Hall–Kier alpha value is -3.45. The van der Waals surface area contributed by atoms with E-state index in [-0.39, 0.29) is 0 Å². The molecule has 0 aliphatic heterocycles. The molecule has 0 aliphatic carbocycles. The molecule has 0 bridgehead atoms. The third kappa shape index (κ3) is 5.28. The third-order valence-electron chi connectivity index (χ3n) is 3.82. The molecular weight excluding hydrogens is 372 g/mol. The van der Waals surface area contributed by atoms with Gasteiger partial charge in [0, 0.05) is 11.8 Å². The first-order valence-electron chi connectivity index (χ1n) is 8.55. The molecular formula is C21H20N4O2S. The maximum Gasteiger partial charge on any atom is 0.175 e. The minimum Gasteiger partial charge on any atom is -0.497 e. The van der Waals surface area contributed by atoms with Gasteiger partial charge in [-0.1, -0.05) is 18.2 Å². The lowest BCUT2D eigenvalue weighted by Crippen LogP contribution is -2.19. The van der Waals surface area contributed by atoms with Gasteiger partial charge in [0.2, 0.25) is 0 Å². The molecule has 2 N–H and O–H groups in total. The topological polar surface area (TPSA) is 67.2 Å². The number of rotatable bonds is 6. The molecule has 6 nitrogen and oxygen atoms in total. The Morgan fingerprint density at radius 3 is 2.11 bits per heavy atom. The predicted octanol–water partition coefficient (Wildman–Crippen LogP) is 5.93. The van der Waals surface area contributed by atoms with E-state index in [1.54, 1.807) is 14.2 Å². The highest BCUT2D eigenvalue weighted by molar-refractivity contribution is 7.80. The van der Waals surface area contributed by atoms with Gasteiger partial charge in [-0.3, -0.25) is 0 Å². The Labute approximate surface area is 169 Å². The summed E-state index contributed by atoms with van der Waals surface area (Å²) >= 11 is 5.39. The van der Waals surface area contributed by atoms with Crippen molar-refractivity contribution in [3.05, 3.63) is 72.8 Å². The first-order chi connectivity index (χ1) is 13.7. The van der Waals surface area contributed by atoms with Gasteiger partial charge in [0.1, 0.15) is 11.5 Å². The molecule has 3 aromatic carbocycles. The Balaban J connectivity index is 1.62. The zero-order valence-electron chi connectivity index (χ0n) is 15.5. The number of azo groups is 1. The lowest BCUT2D eigenvalue weighted by Gasteiger charge is -2.14. The summed E-state index contributed by atoms with van der Waals surface area (Å²) in [4.78, 5) is 0. The van der Waals surface area contributed by atoms with Gasteiger partial charge in [-0.15, -0.1) is 0 Å². The van der Waals surface area contributed by atoms with Crippen LogP contribution in [0.2, 0.25) is 0 Å². The van der Waals surface area contributed by atoms with E-state index in [1.807, 2.05) is 72.8 Å². The number of methoxy groups -OCH3 is 2. The van der Waals surface area contributed by atoms with Crippen molar-refractivity contribution in [1.82, 2.24) is 0 Å². The number of benzene rings is 3. The zero-order chi connectivity index (χ0) is 19.8. The summed E-state index contributed by atoms with van der Waals surface area (Å²) in [6.45, 7) is 0. The maximum absolute atomic E-state index is 5.39. The van der Waals surface area contributed by atoms with Crippen LogP contribution in [0.15, 0.2) is 83.0 Å². The monoisotopic (exact) mass is 392 g/mol. The summed E-state index contributed by atoms with van der Waals surface area (Å²) in [7, 11) is 3.21. The lowest BCUT2D eigenvalue weighted by molar-refractivity contribution is 0.405. The minimum absolute atomic E-state index is 0.435. The summed E-state index contributed by atoms with van der Waals surface area (Å²) in [6.07, 6.45) is 0. The van der Waals surface area contributed by atoms with Gasteiger partial charge >= 0.3 is 0 Å². The molecule has 0 aromatic heterocycles. The fourth-order valence-electron chi connectivity index (χ4n) is 2.42. The molecule has 7 heteroatoms. The highest BCUT2D eigenvalue weighted by Gasteiger charge is 2.07. The molecule has 0 saturated carbocycles. The van der Waals surface area contributed by atoms with Crippen molar-refractivity contribution in [2.75, 3.05) is 24.9 Å². The Kier molecular flexibility index (Phi) is 6.54. The number of nitrogens with zero attached hydrogens (tertiary/aromatic N) is 2. The zero-order valence-corrected chi connectivity index (χ0v) is 16.4. The van der Waals surface area contributed by atoms with Crippen LogP contribution < -0.4 is 20.1 Å². The summed E-state index contributed by atoms with van der Waals surface area (Å²) < 4.78 is 10.6. The molecule has 0 unspecified atom stereocenters. The van der Waals surface area contributed by atoms with Crippen molar-refractivity contribution >= 4 is 40.1 Å². The molecule has 0 heterocycles. The Bertz CT molecular complexity index is 960. The van der Waals surface area contributed by atoms with Crippen LogP contribution in [-0.2, 0) is 0 Å². The molecule has 0 atom stereocenters. The number of hydrogen-bond acceptors (Lipinski definition) is 5. The Morgan fingerprint density at radius 1 is 0.786 bits per heavy atom. The molecule has 28 heavy (non-hydrogen) atoms. The summed E-state index contributed by atoms with van der Waals surface area (Å²) in [5, 5.41) is 15.1. The van der Waals surface area contributed by atoms with Gasteiger partial charge in [-0.2, -0.15) is 10.2 Å². The van der Waals surface area contributed by atoms with Gasteiger partial charge in [-0.25, -0.2) is 0 Å². The summed E-state index contributed by atoms with van der Waals surface area (Å²) in [6, 6.07) is 22.5. The standard InChI is InChI=1S/C21H20N4O2S/c1-26-18-12-13-20(27-2)19(14-18)23-21(28)22-15-8-10-17(11-9-15)25-24-16-6-4-3-5-7-16/h3-14H,1-2H3,(H2,22,23,28). The van der Waals surface area contributed by atoms with Crippen molar-refractivity contribution in [1.29, 1.82) is 0 Å². The highest BCUT2D eigenvalue weighted by Crippen LogP contribution is 2.29. The molecule has 3 aromatic rings. The van der Waals surface area contributed by atoms with Crippen LogP contribution >= 0.6 is 12.2 Å². The Morgan fingerprint density at radius 2 is 1.46 bits per heavy atom. The molecule has 3 rings (SSSR count). The van der Waals surface area contributed by atoms with Crippen molar-refractivity contribution < 1.29 is 9.47 Å². The van der Waals surface area contributed by atoms with Crippen LogP contribution in [0.25, 0.3) is 0 Å². The smallest absolute Gasteiger partial charge is 0.175 e. The molecule has 0 spiro atoms. The van der Waals surface area contributed by atoms with E-state index in [2.05, 4.69) is 20.9 Å². The van der Waals surface area contributed by atoms with Gasteiger partial charge in [0.25, 0.3) is 0 Å². The van der Waals surface area contributed by atoms with E-state index in [0.29, 0.717) is 22.3 Å². The summed E-state index contributed by atoms with van der Waals surface area (Å²) in [5.41, 5.74) is 3.11. The number of ether oxygens (including phenoxy) is 2. The van der Waals surface area contributed by atoms with Crippen molar-refractivity contribution in [3.63, 3.8) is 0 Å². The number of anilines is 2. The van der Waals surface area contributed by atoms with Crippen LogP contribution in [-0.4, -0.2) is 19.3 Å². The van der Waals surface area contributed by atoms with Crippen LogP contribution in [0.5, 0.6) is 11.5 Å². The first kappa shape index (κ1) is 19.3. The van der Waals surface area contributed by atoms with E-state index in [4.69, 9.17) is 21.7 Å². The van der Waals surface area contributed by atoms with Crippen LogP contribution in [0.3, 0.4) is 0 Å². The normalized spacial score (nSPS) is 10.5. The van der Waals surface area contributed by atoms with Crippen LogP contribution in [0.1, 0.15) is 0 Å². The van der Waals surface area contributed by atoms with Crippen molar-refractivity contribution in [2.45, 2.75) is 0 Å². The second kappa shape index (κ2) is 9.48. The minimum atomic E-state index is 0.435. The van der Waals surface area contributed by atoms with Crippen molar-refractivity contribution in [2.24, 2.45) is 10.2 Å². The number of hydrogen-bond donors (Lipinski definition) is 2. The van der Waals surface area contributed by atoms with Gasteiger partial charge in [-0.05, 0) is 60.7 Å². The molecule has 0 fully saturated rings. The quantitative estimate of drug-likeness (QED) is 0.402. The highest BCUT2D eigenvalue weighted by atomic mass is 32.1. The number of nitrogens with one attached hydrogen (secondary N) is 2. The molecule has 0 amide bonds. The van der Waals surface area contributed by atoms with Crippen LogP contribution in [0.4, 0.5) is 22.7 Å². The number of thiocarbonyl (C=S) groups is 1. The largest absolute Gasteiger partial charge is 0.497 e. The second-order valence-corrected chi connectivity index (χ2v) is 6.14. The van der Waals surface area contributed by atoms with Gasteiger partial charge < -0.3 is 20.1 Å². The average molecular weight is 392 g/mol. The first-order valence-corrected chi connectivity index (χ1v) is 8.95. The molecule has 0 radical (unpaired) electrons. The van der Waals surface area contributed by atoms with E-state index in [1.165, 1.54) is 0 Å². The van der Waals surface area contributed by atoms with E-state index >= 15 is 0 Å². The second-order valence-electron chi connectivity index (χ2n) is 5.73. The van der Waals surface area contributed by atoms with Crippen LogP contribution in [0, 0.1) is 0 Å². The third-order valence-corrected chi connectivity index (χ3v) is 4.02. The van der Waals surface area contributed by atoms with Gasteiger partial charge in [0.15, 0.2) is 5.11 Å². The van der Waals surface area contributed by atoms with Crippen molar-refractivity contribution in [3.8, 4) is 11.5 Å². The maximum atomic E-state index is 5.39. The molecule has 0 saturated heterocycles. The average Bonchev–Trinajstić information content (AvgIpc) is 2.74.